The lowest BCUT2D eigenvalue weighted by Gasteiger charge is -2.10. The molecule has 2 amide bonds. The standard InChI is InChI=1S/C15H14ClN3O4S/c1-10-2-5-13(6-3-10)24(21,22)23-14-7-4-12(16)8-11(14)9-18-19-15(17)20/h2-9H,1H3,(H3,17,19,20)/b18-9+. The van der Waals surface area contributed by atoms with Gasteiger partial charge in [0.25, 0.3) is 0 Å². The highest BCUT2D eigenvalue weighted by Gasteiger charge is 2.18. The number of carbonyl (C=O) groups excluding carboxylic acids is 1. The minimum absolute atomic E-state index is 0.00926. The molecule has 0 heterocycles. The number of primary amides is 1. The highest BCUT2D eigenvalue weighted by molar-refractivity contribution is 7.87. The van der Waals surface area contributed by atoms with Crippen LogP contribution in [0.15, 0.2) is 52.5 Å². The van der Waals surface area contributed by atoms with Crippen LogP contribution < -0.4 is 15.3 Å². The zero-order valence-corrected chi connectivity index (χ0v) is 14.1. The molecule has 0 aliphatic carbocycles. The Hall–Kier alpha value is -2.58. The lowest BCUT2D eigenvalue weighted by Crippen LogP contribution is -2.24. The van der Waals surface area contributed by atoms with E-state index < -0.39 is 16.1 Å². The zero-order chi connectivity index (χ0) is 17.7. The first-order valence-corrected chi connectivity index (χ1v) is 8.46. The molecule has 0 aliphatic heterocycles. The predicted octanol–water partition coefficient (Wildman–Crippen LogP) is 2.42. The largest absolute Gasteiger partial charge is 0.378 e. The van der Waals surface area contributed by atoms with Crippen LogP contribution in [0.1, 0.15) is 11.1 Å². The maximum Gasteiger partial charge on any atom is 0.339 e. The second kappa shape index (κ2) is 7.33. The van der Waals surface area contributed by atoms with Gasteiger partial charge in [0.2, 0.25) is 0 Å². The molecule has 9 heteroatoms. The minimum Gasteiger partial charge on any atom is -0.378 e. The fraction of sp³-hybridized carbons (Fsp3) is 0.0667. The fourth-order valence-electron chi connectivity index (χ4n) is 1.73. The molecule has 0 bridgehead atoms. The molecule has 0 unspecified atom stereocenters. The number of nitrogens with two attached hydrogens (primary N) is 1. The van der Waals surface area contributed by atoms with Gasteiger partial charge in [0.15, 0.2) is 5.75 Å². The number of benzene rings is 2. The summed E-state index contributed by atoms with van der Waals surface area (Å²) in [6, 6.07) is 9.66. The molecule has 0 fully saturated rings. The maximum absolute atomic E-state index is 12.3. The van der Waals surface area contributed by atoms with E-state index in [1.54, 1.807) is 12.1 Å². The summed E-state index contributed by atoms with van der Waals surface area (Å²) in [6.07, 6.45) is 1.18. The molecule has 0 spiro atoms. The van der Waals surface area contributed by atoms with Crippen molar-refractivity contribution in [2.75, 3.05) is 0 Å². The highest BCUT2D eigenvalue weighted by atomic mass is 35.5. The Balaban J connectivity index is 2.33. The summed E-state index contributed by atoms with van der Waals surface area (Å²) >= 11 is 5.89. The molecular formula is C15H14ClN3O4S. The van der Waals surface area contributed by atoms with Crippen molar-refractivity contribution in [1.82, 2.24) is 5.43 Å². The van der Waals surface area contributed by atoms with Gasteiger partial charge in [-0.15, -0.1) is 0 Å². The molecule has 2 rings (SSSR count). The molecule has 0 aromatic heterocycles. The third kappa shape index (κ3) is 4.71. The van der Waals surface area contributed by atoms with Gasteiger partial charge in [0.1, 0.15) is 4.90 Å². The van der Waals surface area contributed by atoms with Gasteiger partial charge < -0.3 is 9.92 Å². The van der Waals surface area contributed by atoms with E-state index in [1.807, 2.05) is 12.3 Å². The van der Waals surface area contributed by atoms with Gasteiger partial charge in [-0.25, -0.2) is 10.2 Å². The van der Waals surface area contributed by atoms with Gasteiger partial charge in [-0.3, -0.25) is 0 Å². The van der Waals surface area contributed by atoms with Crippen LogP contribution in [0.3, 0.4) is 0 Å². The Bertz CT molecular complexity index is 880. The van der Waals surface area contributed by atoms with Crippen molar-refractivity contribution < 1.29 is 17.4 Å². The Morgan fingerprint density at radius 2 is 1.92 bits per heavy atom. The van der Waals surface area contributed by atoms with Gasteiger partial charge in [-0.05, 0) is 37.3 Å². The monoisotopic (exact) mass is 367 g/mol. The van der Waals surface area contributed by atoms with Crippen LogP contribution in [-0.4, -0.2) is 20.7 Å². The van der Waals surface area contributed by atoms with Crippen molar-refractivity contribution in [3.8, 4) is 5.75 Å². The number of halogens is 1. The van der Waals surface area contributed by atoms with Crippen molar-refractivity contribution in [1.29, 1.82) is 0 Å². The van der Waals surface area contributed by atoms with E-state index in [-0.39, 0.29) is 16.2 Å². The van der Waals surface area contributed by atoms with Crippen LogP contribution in [0.4, 0.5) is 4.79 Å². The van der Waals surface area contributed by atoms with E-state index in [2.05, 4.69) is 5.10 Å². The van der Waals surface area contributed by atoms with Crippen molar-refractivity contribution in [3.63, 3.8) is 0 Å². The number of aryl methyl sites for hydroxylation is 1. The number of nitrogens with one attached hydrogen (secondary N) is 1. The first-order chi connectivity index (χ1) is 11.3. The fourth-order valence-corrected chi connectivity index (χ4v) is 2.87. The average molecular weight is 368 g/mol. The molecule has 0 saturated heterocycles. The molecule has 0 aliphatic rings. The van der Waals surface area contributed by atoms with E-state index in [4.69, 9.17) is 21.5 Å². The van der Waals surface area contributed by atoms with Crippen molar-refractivity contribution in [3.05, 3.63) is 58.6 Å². The average Bonchev–Trinajstić information content (AvgIpc) is 2.50. The maximum atomic E-state index is 12.3. The lowest BCUT2D eigenvalue weighted by atomic mass is 10.2. The summed E-state index contributed by atoms with van der Waals surface area (Å²) < 4.78 is 29.8. The van der Waals surface area contributed by atoms with Crippen LogP contribution in [0.5, 0.6) is 5.75 Å². The smallest absolute Gasteiger partial charge is 0.339 e. The first kappa shape index (κ1) is 17.8. The molecule has 0 saturated carbocycles. The number of amides is 2. The Morgan fingerprint density at radius 3 is 2.54 bits per heavy atom. The number of hydrogen-bond donors (Lipinski definition) is 2. The van der Waals surface area contributed by atoms with Gasteiger partial charge in [-0.1, -0.05) is 29.3 Å². The number of nitrogens with zero attached hydrogens (tertiary/aromatic N) is 1. The second-order valence-electron chi connectivity index (χ2n) is 4.77. The number of hydrazone groups is 1. The molecule has 24 heavy (non-hydrogen) atoms. The second-order valence-corrected chi connectivity index (χ2v) is 6.75. The van der Waals surface area contributed by atoms with Crippen molar-refractivity contribution >= 4 is 34.0 Å². The van der Waals surface area contributed by atoms with E-state index >= 15 is 0 Å². The molecule has 126 valence electrons. The van der Waals surface area contributed by atoms with Crippen LogP contribution >= 0.6 is 11.6 Å². The van der Waals surface area contributed by atoms with Gasteiger partial charge in [0.05, 0.1) is 6.21 Å². The zero-order valence-electron chi connectivity index (χ0n) is 12.6. The summed E-state index contributed by atoms with van der Waals surface area (Å²) in [5.74, 6) is 0.00926. The highest BCUT2D eigenvalue weighted by Crippen LogP contribution is 2.25. The number of hydrogen-bond acceptors (Lipinski definition) is 5. The van der Waals surface area contributed by atoms with Crippen LogP contribution in [0, 0.1) is 6.92 Å². The Morgan fingerprint density at radius 1 is 1.25 bits per heavy atom. The molecule has 0 radical (unpaired) electrons. The van der Waals surface area contributed by atoms with Gasteiger partial charge >= 0.3 is 16.1 Å². The van der Waals surface area contributed by atoms with Crippen LogP contribution in [-0.2, 0) is 10.1 Å². The van der Waals surface area contributed by atoms with Crippen molar-refractivity contribution in [2.24, 2.45) is 10.8 Å². The van der Waals surface area contributed by atoms with Crippen LogP contribution in [0.25, 0.3) is 0 Å². The number of urea groups is 1. The van der Waals surface area contributed by atoms with E-state index in [0.29, 0.717) is 5.02 Å². The SMILES string of the molecule is Cc1ccc(S(=O)(=O)Oc2ccc(Cl)cc2/C=N/NC(N)=O)cc1. The molecule has 2 aromatic rings. The number of rotatable bonds is 5. The third-order valence-electron chi connectivity index (χ3n) is 2.86. The predicted molar refractivity (Wildman–Crippen MR) is 90.8 cm³/mol. The lowest BCUT2D eigenvalue weighted by molar-refractivity contribution is 0.249. The molecule has 0 atom stereocenters. The van der Waals surface area contributed by atoms with E-state index in [1.165, 1.54) is 36.5 Å². The third-order valence-corrected chi connectivity index (χ3v) is 4.34. The summed E-state index contributed by atoms with van der Waals surface area (Å²) in [5.41, 5.74) is 8.08. The van der Waals surface area contributed by atoms with Gasteiger partial charge in [0, 0.05) is 10.6 Å². The molecule has 3 N–H and O–H groups in total. The summed E-state index contributed by atoms with van der Waals surface area (Å²) in [6.45, 7) is 1.84. The summed E-state index contributed by atoms with van der Waals surface area (Å²) in [7, 11) is -4.02. The van der Waals surface area contributed by atoms with E-state index in [0.717, 1.165) is 5.56 Å². The van der Waals surface area contributed by atoms with Crippen LogP contribution in [0.2, 0.25) is 5.02 Å². The first-order valence-electron chi connectivity index (χ1n) is 6.67. The molecule has 2 aromatic carbocycles. The quantitative estimate of drug-likeness (QED) is 0.480. The summed E-state index contributed by atoms with van der Waals surface area (Å²) in [5, 5.41) is 3.92. The topological polar surface area (TPSA) is 111 Å². The summed E-state index contributed by atoms with van der Waals surface area (Å²) in [4.78, 5) is 10.6. The minimum atomic E-state index is -4.02. The Kier molecular flexibility index (Phi) is 5.42. The molecule has 7 nitrogen and oxygen atoms in total. The van der Waals surface area contributed by atoms with Gasteiger partial charge in [-0.2, -0.15) is 13.5 Å². The number of carbonyl (C=O) groups is 1. The normalized spacial score (nSPS) is 11.4. The van der Waals surface area contributed by atoms with E-state index in [9.17, 15) is 13.2 Å². The molecular weight excluding hydrogens is 354 g/mol. The van der Waals surface area contributed by atoms with Crippen molar-refractivity contribution in [2.45, 2.75) is 11.8 Å². The Labute approximate surface area is 144 Å².